The number of benzene rings is 2. The molecule has 0 unspecified atom stereocenters. The van der Waals surface area contributed by atoms with Gasteiger partial charge >= 0.3 is 0 Å². The van der Waals surface area contributed by atoms with E-state index in [1.54, 1.807) is 35.4 Å². The minimum absolute atomic E-state index is 0.0214. The smallest absolute Gasteiger partial charge is 0.223 e. The summed E-state index contributed by atoms with van der Waals surface area (Å²) in [5.74, 6) is -0.0749. The van der Waals surface area contributed by atoms with Gasteiger partial charge in [0.1, 0.15) is 5.01 Å². The van der Waals surface area contributed by atoms with Crippen LogP contribution >= 0.6 is 27.3 Å². The zero-order chi connectivity index (χ0) is 18.7. The molecule has 0 aliphatic rings. The Kier molecular flexibility index (Phi) is 5.84. The number of para-hydroxylation sites is 1. The Bertz CT molecular complexity index is 903. The van der Waals surface area contributed by atoms with Gasteiger partial charge < -0.3 is 4.90 Å². The third kappa shape index (κ3) is 4.19. The summed E-state index contributed by atoms with van der Waals surface area (Å²) in [4.78, 5) is 31.0. The van der Waals surface area contributed by atoms with Gasteiger partial charge in [-0.1, -0.05) is 40.2 Å². The second-order valence-corrected chi connectivity index (χ2v) is 8.11. The molecular weight excluding hydrogens is 412 g/mol. The lowest BCUT2D eigenvalue weighted by atomic mass is 10.1. The van der Waals surface area contributed by atoms with E-state index in [2.05, 4.69) is 20.9 Å². The summed E-state index contributed by atoms with van der Waals surface area (Å²) < 4.78 is 2.04. The number of carbonyl (C=O) groups excluding carboxylic acids is 2. The minimum Gasteiger partial charge on any atom is -0.337 e. The maximum absolute atomic E-state index is 12.5. The van der Waals surface area contributed by atoms with Crippen molar-refractivity contribution in [3.05, 3.63) is 63.6 Å². The first-order chi connectivity index (χ1) is 12.5. The van der Waals surface area contributed by atoms with E-state index in [0.717, 1.165) is 19.7 Å². The lowest BCUT2D eigenvalue weighted by Crippen LogP contribution is -2.29. The normalized spacial score (nSPS) is 12.1. The number of ketones is 1. The molecule has 26 heavy (non-hydrogen) atoms. The molecule has 3 rings (SSSR count). The van der Waals surface area contributed by atoms with Gasteiger partial charge in [0.25, 0.3) is 0 Å². The van der Waals surface area contributed by atoms with Gasteiger partial charge in [-0.05, 0) is 31.2 Å². The fourth-order valence-corrected chi connectivity index (χ4v) is 3.95. The summed E-state index contributed by atoms with van der Waals surface area (Å²) in [6.07, 6.45) is 0.401. The third-order valence-electron chi connectivity index (χ3n) is 4.37. The Morgan fingerprint density at radius 2 is 1.81 bits per heavy atom. The van der Waals surface area contributed by atoms with Crippen molar-refractivity contribution in [3.63, 3.8) is 0 Å². The Morgan fingerprint density at radius 3 is 2.50 bits per heavy atom. The first-order valence-electron chi connectivity index (χ1n) is 8.35. The van der Waals surface area contributed by atoms with Gasteiger partial charge in [-0.15, -0.1) is 11.3 Å². The van der Waals surface area contributed by atoms with Crippen molar-refractivity contribution in [2.45, 2.75) is 25.8 Å². The van der Waals surface area contributed by atoms with Gasteiger partial charge in [-0.25, -0.2) is 4.98 Å². The molecule has 0 bridgehead atoms. The maximum Gasteiger partial charge on any atom is 0.223 e. The second-order valence-electron chi connectivity index (χ2n) is 6.13. The van der Waals surface area contributed by atoms with Crippen molar-refractivity contribution in [3.8, 4) is 0 Å². The summed E-state index contributed by atoms with van der Waals surface area (Å²) >= 11 is 4.95. The quantitative estimate of drug-likeness (QED) is 0.502. The van der Waals surface area contributed by atoms with E-state index in [1.165, 1.54) is 0 Å². The molecule has 0 aliphatic heterocycles. The van der Waals surface area contributed by atoms with E-state index in [1.807, 2.05) is 43.3 Å². The molecule has 1 aromatic heterocycles. The topological polar surface area (TPSA) is 50.3 Å². The molecule has 0 fully saturated rings. The fourth-order valence-electron chi connectivity index (χ4n) is 2.63. The van der Waals surface area contributed by atoms with Gasteiger partial charge in [0.05, 0.1) is 16.3 Å². The number of rotatable bonds is 6. The summed E-state index contributed by atoms with van der Waals surface area (Å²) in [6, 6.07) is 15.0. The molecule has 3 aromatic rings. The van der Waals surface area contributed by atoms with Crippen molar-refractivity contribution in [2.75, 3.05) is 7.05 Å². The summed E-state index contributed by atoms with van der Waals surface area (Å²) in [5, 5.41) is 0.904. The molecule has 0 saturated carbocycles. The van der Waals surface area contributed by atoms with E-state index < -0.39 is 0 Å². The molecule has 0 aliphatic carbocycles. The summed E-state index contributed by atoms with van der Waals surface area (Å²) in [7, 11) is 1.77. The van der Waals surface area contributed by atoms with E-state index in [9.17, 15) is 9.59 Å². The second kappa shape index (κ2) is 8.10. The van der Waals surface area contributed by atoms with Crippen LogP contribution in [0.5, 0.6) is 0 Å². The highest BCUT2D eigenvalue weighted by molar-refractivity contribution is 9.10. The Hall–Kier alpha value is -2.05. The lowest BCUT2D eigenvalue weighted by Gasteiger charge is -2.23. The highest BCUT2D eigenvalue weighted by Gasteiger charge is 2.21. The average Bonchev–Trinajstić information content (AvgIpc) is 3.09. The highest BCUT2D eigenvalue weighted by atomic mass is 79.9. The number of hydrogen-bond donors (Lipinski definition) is 0. The molecule has 1 atom stereocenters. The number of nitrogens with zero attached hydrogens (tertiary/aromatic N) is 2. The molecule has 1 heterocycles. The molecule has 0 radical (unpaired) electrons. The predicted molar refractivity (Wildman–Crippen MR) is 109 cm³/mol. The van der Waals surface area contributed by atoms with Crippen LogP contribution in [-0.2, 0) is 4.79 Å². The van der Waals surface area contributed by atoms with Crippen LogP contribution in [0.1, 0.15) is 41.2 Å². The van der Waals surface area contributed by atoms with Gasteiger partial charge in [0, 0.05) is 29.9 Å². The van der Waals surface area contributed by atoms with Crippen molar-refractivity contribution in [1.29, 1.82) is 0 Å². The molecule has 4 nitrogen and oxygen atoms in total. The van der Waals surface area contributed by atoms with Gasteiger partial charge in [0.2, 0.25) is 5.91 Å². The van der Waals surface area contributed by atoms with E-state index >= 15 is 0 Å². The predicted octanol–water partition coefficient (Wildman–Crippen LogP) is 5.24. The van der Waals surface area contributed by atoms with Crippen LogP contribution in [0.3, 0.4) is 0 Å². The molecular formula is C20H19BrN2O2S. The number of carbonyl (C=O) groups is 2. The number of fused-ring (bicyclic) bond motifs is 1. The zero-order valence-electron chi connectivity index (χ0n) is 14.6. The van der Waals surface area contributed by atoms with Crippen LogP contribution in [0.15, 0.2) is 53.0 Å². The van der Waals surface area contributed by atoms with Crippen LogP contribution < -0.4 is 0 Å². The lowest BCUT2D eigenvalue weighted by molar-refractivity contribution is -0.131. The molecule has 6 heteroatoms. The van der Waals surface area contributed by atoms with Crippen LogP contribution in [0, 0.1) is 0 Å². The Balaban J connectivity index is 1.61. The van der Waals surface area contributed by atoms with E-state index in [4.69, 9.17) is 0 Å². The number of thiazole rings is 1. The van der Waals surface area contributed by atoms with Gasteiger partial charge in [0.15, 0.2) is 5.78 Å². The third-order valence-corrected chi connectivity index (χ3v) is 6.11. The van der Waals surface area contributed by atoms with Gasteiger partial charge in [-0.2, -0.15) is 0 Å². The SMILES string of the molecule is C[C@H](c1nc2ccccc2s1)N(C)C(=O)CCC(=O)c1ccc(Br)cc1. The minimum atomic E-state index is -0.123. The summed E-state index contributed by atoms with van der Waals surface area (Å²) in [6.45, 7) is 1.96. The highest BCUT2D eigenvalue weighted by Crippen LogP contribution is 2.29. The molecule has 1 amide bonds. The molecule has 2 aromatic carbocycles. The van der Waals surface area contributed by atoms with Crippen molar-refractivity contribution in [1.82, 2.24) is 9.88 Å². The van der Waals surface area contributed by atoms with E-state index in [-0.39, 0.29) is 30.6 Å². The van der Waals surface area contributed by atoms with Crippen LogP contribution in [0.25, 0.3) is 10.2 Å². The average molecular weight is 431 g/mol. The first kappa shape index (κ1) is 18.7. The largest absolute Gasteiger partial charge is 0.337 e. The van der Waals surface area contributed by atoms with Crippen molar-refractivity contribution in [2.24, 2.45) is 0 Å². The Labute approximate surface area is 165 Å². The maximum atomic E-state index is 12.5. The van der Waals surface area contributed by atoms with E-state index in [0.29, 0.717) is 5.56 Å². The molecule has 0 saturated heterocycles. The molecule has 134 valence electrons. The molecule has 0 spiro atoms. The number of aromatic nitrogens is 1. The van der Waals surface area contributed by atoms with Crippen LogP contribution in [-0.4, -0.2) is 28.6 Å². The Morgan fingerprint density at radius 1 is 1.12 bits per heavy atom. The fraction of sp³-hybridized carbons (Fsp3) is 0.250. The van der Waals surface area contributed by atoms with Crippen molar-refractivity contribution < 1.29 is 9.59 Å². The molecule has 0 N–H and O–H groups in total. The summed E-state index contributed by atoms with van der Waals surface area (Å²) in [5.41, 5.74) is 1.58. The number of hydrogen-bond acceptors (Lipinski definition) is 4. The number of Topliss-reactive ketones (excluding diaryl/α,β-unsaturated/α-hetero) is 1. The zero-order valence-corrected chi connectivity index (χ0v) is 17.0. The first-order valence-corrected chi connectivity index (χ1v) is 9.96. The monoisotopic (exact) mass is 430 g/mol. The van der Waals surface area contributed by atoms with Crippen LogP contribution in [0.4, 0.5) is 0 Å². The van der Waals surface area contributed by atoms with Crippen LogP contribution in [0.2, 0.25) is 0 Å². The number of halogens is 1. The standard InChI is InChI=1S/C20H19BrN2O2S/c1-13(20-22-16-5-3-4-6-18(16)26-20)23(2)19(25)12-11-17(24)14-7-9-15(21)10-8-14/h3-10,13H,11-12H2,1-2H3/t13-/m1/s1. The van der Waals surface area contributed by atoms with Crippen molar-refractivity contribution >= 4 is 49.2 Å². The number of amides is 1. The van der Waals surface area contributed by atoms with Gasteiger partial charge in [-0.3, -0.25) is 9.59 Å².